The molecule has 19 heavy (non-hydrogen) atoms. The Morgan fingerprint density at radius 3 is 2.47 bits per heavy atom. The van der Waals surface area contributed by atoms with Crippen LogP contribution in [0.5, 0.6) is 0 Å². The number of carbonyl (C=O) groups excluding carboxylic acids is 1. The quantitative estimate of drug-likeness (QED) is 0.787. The van der Waals surface area contributed by atoms with Gasteiger partial charge in [-0.25, -0.2) is 0 Å². The summed E-state index contributed by atoms with van der Waals surface area (Å²) in [6.45, 7) is 6.95. The number of anilines is 1. The Morgan fingerprint density at radius 1 is 1.37 bits per heavy atom. The zero-order valence-corrected chi connectivity index (χ0v) is 13.1. The number of rotatable bonds is 6. The minimum absolute atomic E-state index is 0.0491. The number of nitrogens with one attached hydrogen (secondary N) is 1. The van der Waals surface area contributed by atoms with Crippen molar-refractivity contribution in [2.45, 2.75) is 38.4 Å². The van der Waals surface area contributed by atoms with Gasteiger partial charge in [0.2, 0.25) is 0 Å². The minimum atomic E-state index is -0.0491. The van der Waals surface area contributed by atoms with Crippen molar-refractivity contribution >= 4 is 23.4 Å². The van der Waals surface area contributed by atoms with Gasteiger partial charge < -0.3 is 11.1 Å². The van der Waals surface area contributed by atoms with Crippen LogP contribution in [0.1, 0.15) is 42.6 Å². The van der Waals surface area contributed by atoms with Gasteiger partial charge in [0.25, 0.3) is 5.91 Å². The van der Waals surface area contributed by atoms with Crippen LogP contribution in [-0.4, -0.2) is 23.5 Å². The van der Waals surface area contributed by atoms with Gasteiger partial charge in [-0.05, 0) is 43.7 Å². The Hall–Kier alpha value is -1.16. The normalized spacial score (nSPS) is 11.4. The van der Waals surface area contributed by atoms with Crippen LogP contribution in [0.15, 0.2) is 18.2 Å². The molecule has 0 aliphatic heterocycles. The molecule has 0 radical (unpaired) electrons. The first-order valence-corrected chi connectivity index (χ1v) is 7.90. The zero-order chi connectivity index (χ0) is 14.5. The van der Waals surface area contributed by atoms with Gasteiger partial charge in [0, 0.05) is 22.5 Å². The summed E-state index contributed by atoms with van der Waals surface area (Å²) in [5.74, 6) is -0.0491. The van der Waals surface area contributed by atoms with Crippen molar-refractivity contribution < 1.29 is 4.79 Å². The summed E-state index contributed by atoms with van der Waals surface area (Å²) < 4.78 is 0.131. The number of nitrogen functional groups attached to an aromatic ring is 1. The Bertz CT molecular complexity index is 434. The van der Waals surface area contributed by atoms with Crippen molar-refractivity contribution in [3.8, 4) is 0 Å². The number of amides is 1. The van der Waals surface area contributed by atoms with Crippen molar-refractivity contribution in [2.24, 2.45) is 0 Å². The molecule has 0 aliphatic rings. The average molecular weight is 280 g/mol. The number of carbonyl (C=O) groups is 1. The van der Waals surface area contributed by atoms with Crippen molar-refractivity contribution in [1.82, 2.24) is 5.32 Å². The number of benzene rings is 1. The topological polar surface area (TPSA) is 55.1 Å². The highest BCUT2D eigenvalue weighted by atomic mass is 32.2. The smallest absolute Gasteiger partial charge is 0.251 e. The highest BCUT2D eigenvalue weighted by molar-refractivity contribution is 8.00. The first-order valence-electron chi connectivity index (χ1n) is 6.67. The van der Waals surface area contributed by atoms with E-state index in [1.807, 2.05) is 30.8 Å². The van der Waals surface area contributed by atoms with E-state index >= 15 is 0 Å². The molecule has 0 saturated carbocycles. The fraction of sp³-hybridized carbons (Fsp3) is 0.533. The van der Waals surface area contributed by atoms with Gasteiger partial charge in [0.05, 0.1) is 0 Å². The summed E-state index contributed by atoms with van der Waals surface area (Å²) in [6.07, 6.45) is 4.19. The first kappa shape index (κ1) is 15.9. The molecule has 0 aromatic heterocycles. The molecule has 0 spiro atoms. The molecule has 3 nitrogen and oxygen atoms in total. The zero-order valence-electron chi connectivity index (χ0n) is 12.2. The molecule has 1 aromatic carbocycles. The number of hydrogen-bond donors (Lipinski definition) is 2. The molecule has 3 N–H and O–H groups in total. The van der Waals surface area contributed by atoms with Crippen LogP contribution >= 0.6 is 11.8 Å². The summed E-state index contributed by atoms with van der Waals surface area (Å²) >= 11 is 1.82. The summed E-state index contributed by atoms with van der Waals surface area (Å²) in [4.78, 5) is 12.1. The van der Waals surface area contributed by atoms with E-state index < -0.39 is 0 Å². The molecule has 0 unspecified atom stereocenters. The number of aryl methyl sites for hydroxylation is 1. The highest BCUT2D eigenvalue weighted by Gasteiger charge is 2.25. The first-order chi connectivity index (χ1) is 8.98. The minimum Gasteiger partial charge on any atom is -0.398 e. The second kappa shape index (κ2) is 6.85. The lowest BCUT2D eigenvalue weighted by atomic mass is 10.0. The molecule has 106 valence electrons. The van der Waals surface area contributed by atoms with E-state index in [2.05, 4.69) is 25.4 Å². The van der Waals surface area contributed by atoms with Gasteiger partial charge in [0.15, 0.2) is 0 Å². The molecule has 1 rings (SSSR count). The molecule has 1 amide bonds. The lowest BCUT2D eigenvalue weighted by molar-refractivity contribution is 0.0949. The fourth-order valence-electron chi connectivity index (χ4n) is 1.99. The predicted octanol–water partition coefficient (Wildman–Crippen LogP) is 3.23. The Morgan fingerprint density at radius 2 is 2.00 bits per heavy atom. The lowest BCUT2D eigenvalue weighted by Gasteiger charge is -2.29. The molecule has 0 saturated heterocycles. The second-order valence-electron chi connectivity index (χ2n) is 4.85. The molecule has 4 heteroatoms. The van der Waals surface area contributed by atoms with Gasteiger partial charge in [-0.3, -0.25) is 4.79 Å². The molecule has 0 heterocycles. The Kier molecular flexibility index (Phi) is 5.73. The van der Waals surface area contributed by atoms with Gasteiger partial charge in [0.1, 0.15) is 0 Å². The van der Waals surface area contributed by atoms with E-state index in [0.717, 1.165) is 18.4 Å². The predicted molar refractivity (Wildman–Crippen MR) is 84.8 cm³/mol. The van der Waals surface area contributed by atoms with Crippen molar-refractivity contribution in [3.63, 3.8) is 0 Å². The maximum atomic E-state index is 12.1. The molecule has 1 aromatic rings. The van der Waals surface area contributed by atoms with Crippen LogP contribution < -0.4 is 11.1 Å². The van der Waals surface area contributed by atoms with Crippen molar-refractivity contribution in [3.05, 3.63) is 29.3 Å². The second-order valence-corrected chi connectivity index (χ2v) is 6.12. The number of nitrogens with two attached hydrogens (primary N) is 1. The largest absolute Gasteiger partial charge is 0.398 e. The fourth-order valence-corrected chi connectivity index (χ4v) is 2.78. The Balaban J connectivity index is 2.72. The van der Waals surface area contributed by atoms with Gasteiger partial charge in [-0.2, -0.15) is 11.8 Å². The third-order valence-electron chi connectivity index (χ3n) is 3.83. The molecule has 0 atom stereocenters. The molecule has 0 aliphatic carbocycles. The van der Waals surface area contributed by atoms with Gasteiger partial charge in [-0.15, -0.1) is 0 Å². The van der Waals surface area contributed by atoms with Crippen molar-refractivity contribution in [1.29, 1.82) is 0 Å². The summed E-state index contributed by atoms with van der Waals surface area (Å²) in [5.41, 5.74) is 8.12. The van der Waals surface area contributed by atoms with E-state index in [4.69, 9.17) is 5.73 Å². The van der Waals surface area contributed by atoms with E-state index in [0.29, 0.717) is 17.8 Å². The summed E-state index contributed by atoms with van der Waals surface area (Å²) in [6, 6.07) is 5.44. The monoisotopic (exact) mass is 280 g/mol. The third kappa shape index (κ3) is 3.90. The molecule has 0 fully saturated rings. The van der Waals surface area contributed by atoms with Crippen LogP contribution in [0.25, 0.3) is 0 Å². The third-order valence-corrected chi connectivity index (χ3v) is 5.42. The Labute approximate surface area is 120 Å². The van der Waals surface area contributed by atoms with E-state index in [1.165, 1.54) is 0 Å². The van der Waals surface area contributed by atoms with E-state index in [9.17, 15) is 4.79 Å². The van der Waals surface area contributed by atoms with Crippen molar-refractivity contribution in [2.75, 3.05) is 18.5 Å². The number of hydrogen-bond acceptors (Lipinski definition) is 3. The van der Waals surface area contributed by atoms with Crippen LogP contribution in [0.4, 0.5) is 5.69 Å². The standard InChI is InChI=1S/C15H24N2OS/c1-5-15(6-2,19-4)10-17-14(18)12-8-7-11(3)13(16)9-12/h7-9H,5-6,10,16H2,1-4H3,(H,17,18). The van der Waals surface area contributed by atoms with Gasteiger partial charge in [-0.1, -0.05) is 19.9 Å². The van der Waals surface area contributed by atoms with Crippen LogP contribution in [0, 0.1) is 6.92 Å². The van der Waals surface area contributed by atoms with Crippen LogP contribution in [0.2, 0.25) is 0 Å². The average Bonchev–Trinajstić information content (AvgIpc) is 2.43. The molecule has 0 bridgehead atoms. The van der Waals surface area contributed by atoms with Crippen LogP contribution in [0.3, 0.4) is 0 Å². The molecular formula is C15H24N2OS. The summed E-state index contributed by atoms with van der Waals surface area (Å²) in [7, 11) is 0. The van der Waals surface area contributed by atoms with Gasteiger partial charge >= 0.3 is 0 Å². The SMILES string of the molecule is CCC(CC)(CNC(=O)c1ccc(C)c(N)c1)SC. The molecular weight excluding hydrogens is 256 g/mol. The summed E-state index contributed by atoms with van der Waals surface area (Å²) in [5, 5.41) is 3.02. The maximum absolute atomic E-state index is 12.1. The van der Waals surface area contributed by atoms with E-state index in [-0.39, 0.29) is 10.7 Å². The lowest BCUT2D eigenvalue weighted by Crippen LogP contribution is -2.39. The number of thioether (sulfide) groups is 1. The highest BCUT2D eigenvalue weighted by Crippen LogP contribution is 2.29. The van der Waals surface area contributed by atoms with Crippen LogP contribution in [-0.2, 0) is 0 Å². The van der Waals surface area contributed by atoms with E-state index in [1.54, 1.807) is 6.07 Å². The maximum Gasteiger partial charge on any atom is 0.251 e.